The van der Waals surface area contributed by atoms with Crippen LogP contribution >= 0.6 is 64.2 Å². The third-order valence-electron chi connectivity index (χ3n) is 0.422. The van der Waals surface area contributed by atoms with Crippen molar-refractivity contribution in [1.82, 2.24) is 0 Å². The van der Waals surface area contributed by atoms with E-state index in [1.54, 1.807) is 19.7 Å². The van der Waals surface area contributed by atoms with Gasteiger partial charge >= 0.3 is 0 Å². The van der Waals surface area contributed by atoms with Crippen LogP contribution < -0.4 is 0 Å². The van der Waals surface area contributed by atoms with Crippen molar-refractivity contribution in [3.63, 3.8) is 0 Å². The van der Waals surface area contributed by atoms with Crippen LogP contribution in [-0.4, -0.2) is 11.0 Å². The SMILES string of the molecule is CCOC(=S)SSSSS. The fourth-order valence-electron chi connectivity index (χ4n) is 0.196. The molecule has 0 fully saturated rings. The van der Waals surface area contributed by atoms with Gasteiger partial charge in [0.2, 0.25) is 4.38 Å². The Kier molecular flexibility index (Phi) is 10.2. The van der Waals surface area contributed by atoms with E-state index in [1.807, 2.05) is 6.92 Å². The fraction of sp³-hybridized carbons (Fsp3) is 0.667. The van der Waals surface area contributed by atoms with Gasteiger partial charge < -0.3 is 4.74 Å². The molecular weight excluding hydrogens is 244 g/mol. The maximum absolute atomic E-state index is 5.01. The van der Waals surface area contributed by atoms with Crippen LogP contribution in [0.2, 0.25) is 0 Å². The topological polar surface area (TPSA) is 9.23 Å². The molecule has 0 atom stereocenters. The zero-order valence-electron chi connectivity index (χ0n) is 5.10. The molecule has 0 spiro atoms. The second-order valence-corrected chi connectivity index (χ2v) is 8.12. The lowest BCUT2D eigenvalue weighted by atomic mass is 10.9. The molecule has 1 nitrogen and oxygen atoms in total. The average molecular weight is 250 g/mol. The standard InChI is InChI=1S/C3H6OS6/c1-2-4-3(5)7-9-10-8-6/h6H,2H2,1H3. The summed E-state index contributed by atoms with van der Waals surface area (Å²) in [5.74, 6) is 0. The van der Waals surface area contributed by atoms with Crippen LogP contribution in [0.15, 0.2) is 0 Å². The zero-order valence-corrected chi connectivity index (χ0v) is 10.1. The van der Waals surface area contributed by atoms with Crippen LogP contribution in [0.4, 0.5) is 0 Å². The highest BCUT2D eigenvalue weighted by Crippen LogP contribution is 2.45. The molecule has 0 aromatic rings. The Morgan fingerprint density at radius 3 is 2.80 bits per heavy atom. The summed E-state index contributed by atoms with van der Waals surface area (Å²) in [6, 6.07) is 0. The number of ether oxygens (including phenoxy) is 1. The van der Waals surface area contributed by atoms with Crippen LogP contribution in [0, 0.1) is 0 Å². The molecule has 0 aromatic carbocycles. The highest BCUT2D eigenvalue weighted by molar-refractivity contribution is 9.35. The van der Waals surface area contributed by atoms with E-state index in [-0.39, 0.29) is 0 Å². The fourth-order valence-corrected chi connectivity index (χ4v) is 6.21. The first-order chi connectivity index (χ1) is 4.81. The van der Waals surface area contributed by atoms with E-state index in [2.05, 4.69) is 11.7 Å². The summed E-state index contributed by atoms with van der Waals surface area (Å²) in [5.41, 5.74) is 0. The van der Waals surface area contributed by atoms with Crippen molar-refractivity contribution >= 4 is 68.5 Å². The van der Waals surface area contributed by atoms with Gasteiger partial charge in [-0.1, -0.05) is 11.7 Å². The Hall–Kier alpha value is 1.64. The van der Waals surface area contributed by atoms with Gasteiger partial charge in [-0.3, -0.25) is 0 Å². The van der Waals surface area contributed by atoms with Crippen LogP contribution in [0.25, 0.3) is 0 Å². The van der Waals surface area contributed by atoms with Gasteiger partial charge in [0.1, 0.15) is 0 Å². The molecule has 0 aliphatic carbocycles. The van der Waals surface area contributed by atoms with E-state index >= 15 is 0 Å². The van der Waals surface area contributed by atoms with Crippen LogP contribution in [0.5, 0.6) is 0 Å². The normalized spacial score (nSPS) is 9.40. The molecule has 0 N–H and O–H groups in total. The highest BCUT2D eigenvalue weighted by atomic mass is 33.8. The minimum Gasteiger partial charge on any atom is -0.478 e. The predicted octanol–water partition coefficient (Wildman–Crippen LogP) is 3.83. The first kappa shape index (κ1) is 11.6. The Balaban J connectivity index is 3.05. The minimum atomic E-state index is 0.586. The molecular formula is C3H6OS6. The molecule has 0 rings (SSSR count). The molecule has 0 aliphatic rings. The van der Waals surface area contributed by atoms with Gasteiger partial charge in [-0.15, -0.1) is 0 Å². The summed E-state index contributed by atoms with van der Waals surface area (Å²) in [6.07, 6.45) is 0. The quantitative estimate of drug-likeness (QED) is 0.349. The summed E-state index contributed by atoms with van der Waals surface area (Å²) >= 11 is 8.78. The van der Waals surface area contributed by atoms with Crippen LogP contribution in [0.1, 0.15) is 6.92 Å². The number of rotatable bonds is 4. The first-order valence-electron chi connectivity index (χ1n) is 2.29. The lowest BCUT2D eigenvalue weighted by Gasteiger charge is -2.00. The molecule has 0 saturated carbocycles. The molecule has 0 heterocycles. The van der Waals surface area contributed by atoms with E-state index < -0.39 is 0 Å². The van der Waals surface area contributed by atoms with Gasteiger partial charge in [-0.25, -0.2) is 0 Å². The Morgan fingerprint density at radius 2 is 2.30 bits per heavy atom. The Labute approximate surface area is 86.2 Å². The second-order valence-electron chi connectivity index (χ2n) is 0.977. The molecule has 0 unspecified atom stereocenters. The molecule has 0 radical (unpaired) electrons. The third-order valence-corrected chi connectivity index (χ3v) is 7.36. The number of hydrogen-bond donors (Lipinski definition) is 1. The van der Waals surface area contributed by atoms with Crippen molar-refractivity contribution in [1.29, 1.82) is 0 Å². The van der Waals surface area contributed by atoms with Crippen molar-refractivity contribution in [3.8, 4) is 0 Å². The predicted molar refractivity (Wildman–Crippen MR) is 63.6 cm³/mol. The van der Waals surface area contributed by atoms with Gasteiger partial charge in [0.05, 0.1) is 6.61 Å². The molecule has 0 aliphatic heterocycles. The van der Waals surface area contributed by atoms with Gasteiger partial charge in [-0.2, -0.15) is 0 Å². The maximum Gasteiger partial charge on any atom is 0.231 e. The van der Waals surface area contributed by atoms with E-state index in [0.29, 0.717) is 11.0 Å². The van der Waals surface area contributed by atoms with Crippen LogP contribution in [0.3, 0.4) is 0 Å². The van der Waals surface area contributed by atoms with Gasteiger partial charge in [0.15, 0.2) is 0 Å². The second kappa shape index (κ2) is 8.73. The smallest absolute Gasteiger partial charge is 0.231 e. The number of thiocarbonyl (C=S) groups is 1. The van der Waals surface area contributed by atoms with E-state index in [9.17, 15) is 0 Å². The third kappa shape index (κ3) is 7.74. The molecule has 0 saturated heterocycles. The summed E-state index contributed by atoms with van der Waals surface area (Å²) < 4.78 is 5.60. The summed E-state index contributed by atoms with van der Waals surface area (Å²) in [5, 5.41) is 0. The van der Waals surface area contributed by atoms with E-state index in [4.69, 9.17) is 17.0 Å². The zero-order chi connectivity index (χ0) is 7.82. The molecule has 0 bridgehead atoms. The highest BCUT2D eigenvalue weighted by Gasteiger charge is 1.97. The Morgan fingerprint density at radius 1 is 1.60 bits per heavy atom. The van der Waals surface area contributed by atoms with Gasteiger partial charge in [-0.05, 0) is 48.6 Å². The minimum absolute atomic E-state index is 0.586. The van der Waals surface area contributed by atoms with E-state index in [1.165, 1.54) is 20.6 Å². The first-order valence-corrected chi connectivity index (χ1v) is 8.57. The largest absolute Gasteiger partial charge is 0.478 e. The lowest BCUT2D eigenvalue weighted by Crippen LogP contribution is -1.92. The molecule has 10 heavy (non-hydrogen) atoms. The van der Waals surface area contributed by atoms with E-state index in [0.717, 1.165) is 0 Å². The number of hydrogen-bond acceptors (Lipinski definition) is 7. The van der Waals surface area contributed by atoms with Crippen molar-refractivity contribution in [3.05, 3.63) is 0 Å². The monoisotopic (exact) mass is 250 g/mol. The molecule has 7 heteroatoms. The maximum atomic E-state index is 5.01. The van der Waals surface area contributed by atoms with Crippen molar-refractivity contribution < 1.29 is 4.74 Å². The van der Waals surface area contributed by atoms with Gasteiger partial charge in [0, 0.05) is 10.8 Å². The van der Waals surface area contributed by atoms with Crippen molar-refractivity contribution in [2.24, 2.45) is 0 Å². The summed E-state index contributed by atoms with van der Waals surface area (Å²) in [7, 11) is 5.95. The molecule has 0 amide bonds. The number of thiol groups is 1. The molecule has 60 valence electrons. The van der Waals surface area contributed by atoms with Crippen molar-refractivity contribution in [2.45, 2.75) is 6.92 Å². The average Bonchev–Trinajstić information content (AvgIpc) is 1.89. The molecule has 0 aromatic heterocycles. The van der Waals surface area contributed by atoms with Crippen molar-refractivity contribution in [2.75, 3.05) is 6.61 Å². The summed E-state index contributed by atoms with van der Waals surface area (Å²) in [4.78, 5) is 0. The lowest BCUT2D eigenvalue weighted by molar-refractivity contribution is 0.346. The Bertz CT molecular complexity index is 95.0. The van der Waals surface area contributed by atoms with Crippen LogP contribution in [-0.2, 0) is 4.74 Å². The van der Waals surface area contributed by atoms with Gasteiger partial charge in [0.25, 0.3) is 0 Å². The summed E-state index contributed by atoms with van der Waals surface area (Å²) in [6.45, 7) is 2.56.